The second-order valence-corrected chi connectivity index (χ2v) is 3.84. The normalized spacial score (nSPS) is 10.1. The van der Waals surface area contributed by atoms with E-state index >= 15 is 0 Å². The first-order valence-electron chi connectivity index (χ1n) is 5.81. The standard InChI is InChI=1S/C13H16N4O/c1-10-16-12(9-13(17-10)18-2)15-8-6-11-5-3-4-7-14-11/h3-5,7,9H,6,8H2,1-2H3,(H,15,16,17). The Morgan fingerprint density at radius 3 is 2.89 bits per heavy atom. The summed E-state index contributed by atoms with van der Waals surface area (Å²) in [7, 11) is 1.60. The van der Waals surface area contributed by atoms with Crippen molar-refractivity contribution in [3.63, 3.8) is 0 Å². The van der Waals surface area contributed by atoms with E-state index < -0.39 is 0 Å². The zero-order chi connectivity index (χ0) is 12.8. The fraction of sp³-hybridized carbons (Fsp3) is 0.308. The first-order chi connectivity index (χ1) is 8.78. The Balaban J connectivity index is 1.92. The average Bonchev–Trinajstić information content (AvgIpc) is 2.39. The van der Waals surface area contributed by atoms with E-state index in [-0.39, 0.29) is 0 Å². The Bertz CT molecular complexity index is 502. The van der Waals surface area contributed by atoms with Gasteiger partial charge in [0, 0.05) is 30.9 Å². The van der Waals surface area contributed by atoms with Gasteiger partial charge in [0.25, 0.3) is 0 Å². The molecule has 2 heterocycles. The summed E-state index contributed by atoms with van der Waals surface area (Å²) in [6.07, 6.45) is 2.65. The van der Waals surface area contributed by atoms with Crippen molar-refractivity contribution in [3.8, 4) is 5.88 Å². The molecule has 94 valence electrons. The van der Waals surface area contributed by atoms with Crippen LogP contribution >= 0.6 is 0 Å². The van der Waals surface area contributed by atoms with Crippen LogP contribution in [0, 0.1) is 6.92 Å². The van der Waals surface area contributed by atoms with E-state index in [2.05, 4.69) is 20.3 Å². The Morgan fingerprint density at radius 2 is 2.17 bits per heavy atom. The highest BCUT2D eigenvalue weighted by molar-refractivity contribution is 5.38. The molecule has 0 aliphatic rings. The number of methoxy groups -OCH3 is 1. The minimum atomic E-state index is 0.572. The Labute approximate surface area is 106 Å². The van der Waals surface area contributed by atoms with Crippen molar-refractivity contribution < 1.29 is 4.74 Å². The summed E-state index contributed by atoms with van der Waals surface area (Å²) >= 11 is 0. The maximum absolute atomic E-state index is 5.10. The molecule has 0 amide bonds. The van der Waals surface area contributed by atoms with Gasteiger partial charge in [-0.1, -0.05) is 6.07 Å². The number of ether oxygens (including phenoxy) is 1. The molecule has 0 radical (unpaired) electrons. The fourth-order valence-corrected chi connectivity index (χ4v) is 1.60. The predicted molar refractivity (Wildman–Crippen MR) is 69.8 cm³/mol. The highest BCUT2D eigenvalue weighted by Crippen LogP contribution is 2.12. The molecule has 0 aliphatic carbocycles. The third-order valence-corrected chi connectivity index (χ3v) is 2.44. The molecule has 0 fully saturated rings. The second-order valence-electron chi connectivity index (χ2n) is 3.84. The number of pyridine rings is 1. The van der Waals surface area contributed by atoms with Crippen LogP contribution in [-0.2, 0) is 6.42 Å². The third kappa shape index (κ3) is 3.41. The first-order valence-corrected chi connectivity index (χ1v) is 5.81. The molecule has 0 aromatic carbocycles. The van der Waals surface area contributed by atoms with Crippen molar-refractivity contribution in [2.45, 2.75) is 13.3 Å². The fourth-order valence-electron chi connectivity index (χ4n) is 1.60. The van der Waals surface area contributed by atoms with Gasteiger partial charge in [-0.05, 0) is 19.1 Å². The smallest absolute Gasteiger partial charge is 0.218 e. The quantitative estimate of drug-likeness (QED) is 0.869. The van der Waals surface area contributed by atoms with Gasteiger partial charge in [0.1, 0.15) is 11.6 Å². The number of hydrogen-bond donors (Lipinski definition) is 1. The molecule has 0 unspecified atom stereocenters. The Morgan fingerprint density at radius 1 is 1.28 bits per heavy atom. The Hall–Kier alpha value is -2.17. The van der Waals surface area contributed by atoms with Crippen molar-refractivity contribution in [3.05, 3.63) is 42.0 Å². The van der Waals surface area contributed by atoms with Gasteiger partial charge in [-0.2, -0.15) is 4.98 Å². The molecule has 5 nitrogen and oxygen atoms in total. The summed E-state index contributed by atoms with van der Waals surface area (Å²) in [4.78, 5) is 12.7. The van der Waals surface area contributed by atoms with Crippen molar-refractivity contribution in [1.82, 2.24) is 15.0 Å². The van der Waals surface area contributed by atoms with E-state index in [1.807, 2.05) is 25.1 Å². The van der Waals surface area contributed by atoms with E-state index in [0.717, 1.165) is 24.5 Å². The lowest BCUT2D eigenvalue weighted by Crippen LogP contribution is -2.08. The van der Waals surface area contributed by atoms with Crippen LogP contribution in [0.1, 0.15) is 11.5 Å². The van der Waals surface area contributed by atoms with Crippen LogP contribution in [0.25, 0.3) is 0 Å². The summed E-state index contributed by atoms with van der Waals surface area (Å²) in [6, 6.07) is 7.69. The second kappa shape index (κ2) is 5.95. The monoisotopic (exact) mass is 244 g/mol. The molecule has 0 aliphatic heterocycles. The SMILES string of the molecule is COc1cc(NCCc2ccccn2)nc(C)n1. The minimum absolute atomic E-state index is 0.572. The molecule has 0 spiro atoms. The number of nitrogens with zero attached hydrogens (tertiary/aromatic N) is 3. The summed E-state index contributed by atoms with van der Waals surface area (Å²) in [5, 5.41) is 3.24. The third-order valence-electron chi connectivity index (χ3n) is 2.44. The summed E-state index contributed by atoms with van der Waals surface area (Å²) in [5.74, 6) is 2.04. The van der Waals surface area contributed by atoms with Crippen LogP contribution in [0.4, 0.5) is 5.82 Å². The van der Waals surface area contributed by atoms with Gasteiger partial charge in [-0.15, -0.1) is 0 Å². The number of aryl methyl sites for hydroxylation is 1. The van der Waals surface area contributed by atoms with Crippen LogP contribution in [0.3, 0.4) is 0 Å². The van der Waals surface area contributed by atoms with E-state index in [4.69, 9.17) is 4.74 Å². The predicted octanol–water partition coefficient (Wildman–Crippen LogP) is 1.84. The molecular formula is C13H16N4O. The lowest BCUT2D eigenvalue weighted by Gasteiger charge is -2.07. The highest BCUT2D eigenvalue weighted by Gasteiger charge is 2.01. The van der Waals surface area contributed by atoms with Gasteiger partial charge in [-0.3, -0.25) is 4.98 Å². The number of rotatable bonds is 5. The van der Waals surface area contributed by atoms with E-state index in [9.17, 15) is 0 Å². The van der Waals surface area contributed by atoms with Gasteiger partial charge in [0.2, 0.25) is 5.88 Å². The number of nitrogens with one attached hydrogen (secondary N) is 1. The van der Waals surface area contributed by atoms with E-state index in [0.29, 0.717) is 11.7 Å². The molecule has 2 aromatic rings. The zero-order valence-corrected chi connectivity index (χ0v) is 10.6. The molecule has 18 heavy (non-hydrogen) atoms. The highest BCUT2D eigenvalue weighted by atomic mass is 16.5. The molecule has 5 heteroatoms. The number of anilines is 1. The maximum atomic E-state index is 5.10. The van der Waals surface area contributed by atoms with Crippen LogP contribution < -0.4 is 10.1 Å². The molecule has 0 saturated heterocycles. The molecule has 2 aromatic heterocycles. The molecule has 0 atom stereocenters. The van der Waals surface area contributed by atoms with Gasteiger partial charge in [-0.25, -0.2) is 4.98 Å². The van der Waals surface area contributed by atoms with Crippen molar-refractivity contribution in [1.29, 1.82) is 0 Å². The van der Waals surface area contributed by atoms with E-state index in [1.54, 1.807) is 19.4 Å². The molecular weight excluding hydrogens is 228 g/mol. The lowest BCUT2D eigenvalue weighted by atomic mass is 10.3. The summed E-state index contributed by atoms with van der Waals surface area (Å²) in [6.45, 7) is 2.61. The molecule has 2 rings (SSSR count). The Kier molecular flexibility index (Phi) is 4.06. The van der Waals surface area contributed by atoms with Gasteiger partial charge in [0.15, 0.2) is 0 Å². The first kappa shape index (κ1) is 12.3. The van der Waals surface area contributed by atoms with E-state index in [1.165, 1.54) is 0 Å². The van der Waals surface area contributed by atoms with Crippen LogP contribution in [0.15, 0.2) is 30.5 Å². The van der Waals surface area contributed by atoms with Gasteiger partial charge >= 0.3 is 0 Å². The van der Waals surface area contributed by atoms with Crippen molar-refractivity contribution in [2.75, 3.05) is 19.0 Å². The van der Waals surface area contributed by atoms with Gasteiger partial charge in [0.05, 0.1) is 7.11 Å². The zero-order valence-electron chi connectivity index (χ0n) is 10.6. The minimum Gasteiger partial charge on any atom is -0.481 e. The largest absolute Gasteiger partial charge is 0.481 e. The van der Waals surface area contributed by atoms with Crippen molar-refractivity contribution >= 4 is 5.82 Å². The topological polar surface area (TPSA) is 59.9 Å². The number of hydrogen-bond acceptors (Lipinski definition) is 5. The maximum Gasteiger partial charge on any atom is 0.218 e. The summed E-state index contributed by atoms with van der Waals surface area (Å²) < 4.78 is 5.10. The van der Waals surface area contributed by atoms with Crippen molar-refractivity contribution in [2.24, 2.45) is 0 Å². The van der Waals surface area contributed by atoms with Crippen LogP contribution in [-0.4, -0.2) is 28.6 Å². The lowest BCUT2D eigenvalue weighted by molar-refractivity contribution is 0.396. The summed E-state index contributed by atoms with van der Waals surface area (Å²) in [5.41, 5.74) is 1.06. The molecule has 0 saturated carbocycles. The van der Waals surface area contributed by atoms with Crippen LogP contribution in [0.2, 0.25) is 0 Å². The molecule has 1 N–H and O–H groups in total. The molecule has 0 bridgehead atoms. The van der Waals surface area contributed by atoms with Gasteiger partial charge < -0.3 is 10.1 Å². The van der Waals surface area contributed by atoms with Crippen LogP contribution in [0.5, 0.6) is 5.88 Å². The number of aromatic nitrogens is 3. The average molecular weight is 244 g/mol.